The fourth-order valence-electron chi connectivity index (χ4n) is 2.17. The van der Waals surface area contributed by atoms with Crippen molar-refractivity contribution in [1.82, 2.24) is 20.4 Å². The second-order valence-electron chi connectivity index (χ2n) is 6.78. The van der Waals surface area contributed by atoms with Crippen molar-refractivity contribution in [3.05, 3.63) is 47.6 Å². The first-order chi connectivity index (χ1) is 11.4. The summed E-state index contributed by atoms with van der Waals surface area (Å²) in [6.45, 7) is 10.2. The molecule has 24 heavy (non-hydrogen) atoms. The van der Waals surface area contributed by atoms with E-state index in [1.54, 1.807) is 0 Å². The third-order valence-corrected chi connectivity index (χ3v) is 3.44. The van der Waals surface area contributed by atoms with E-state index in [0.29, 0.717) is 18.3 Å². The van der Waals surface area contributed by atoms with Crippen LogP contribution in [0.4, 0.5) is 0 Å². The van der Waals surface area contributed by atoms with Gasteiger partial charge in [-0.15, -0.1) is 0 Å². The van der Waals surface area contributed by atoms with E-state index in [4.69, 9.17) is 4.52 Å². The molecule has 0 saturated carbocycles. The molecule has 0 bridgehead atoms. The van der Waals surface area contributed by atoms with Crippen molar-refractivity contribution < 1.29 is 4.52 Å². The van der Waals surface area contributed by atoms with Crippen LogP contribution in [-0.4, -0.2) is 34.6 Å². The largest absolute Gasteiger partial charge is 0.357 e. The number of hydrogen-bond donors (Lipinski definition) is 1. The van der Waals surface area contributed by atoms with Crippen LogP contribution >= 0.6 is 0 Å². The summed E-state index contributed by atoms with van der Waals surface area (Å²) < 4.78 is 5.31. The molecule has 1 N–H and O–H groups in total. The van der Waals surface area contributed by atoms with Crippen LogP contribution in [0.1, 0.15) is 45.0 Å². The van der Waals surface area contributed by atoms with Gasteiger partial charge in [0.15, 0.2) is 11.8 Å². The molecule has 1 aromatic heterocycles. The first kappa shape index (κ1) is 18.0. The van der Waals surface area contributed by atoms with Crippen LogP contribution in [0.15, 0.2) is 39.8 Å². The van der Waals surface area contributed by atoms with E-state index < -0.39 is 0 Å². The Morgan fingerprint density at radius 3 is 2.54 bits per heavy atom. The maximum absolute atomic E-state index is 5.31. The third kappa shape index (κ3) is 5.08. The van der Waals surface area contributed by atoms with Gasteiger partial charge in [-0.2, -0.15) is 4.98 Å². The van der Waals surface area contributed by atoms with Gasteiger partial charge in [-0.1, -0.05) is 56.3 Å². The number of aromatic nitrogens is 2. The topological polar surface area (TPSA) is 66.5 Å². The van der Waals surface area contributed by atoms with E-state index in [1.807, 2.05) is 46.0 Å². The van der Waals surface area contributed by atoms with Crippen LogP contribution in [-0.2, 0) is 18.5 Å². The van der Waals surface area contributed by atoms with Gasteiger partial charge >= 0.3 is 0 Å². The van der Waals surface area contributed by atoms with Gasteiger partial charge < -0.3 is 14.7 Å². The highest BCUT2D eigenvalue weighted by molar-refractivity contribution is 5.79. The van der Waals surface area contributed by atoms with E-state index in [1.165, 1.54) is 5.56 Å². The number of aliphatic imine (C=N–C) groups is 1. The highest BCUT2D eigenvalue weighted by Gasteiger charge is 2.21. The van der Waals surface area contributed by atoms with Crippen LogP contribution in [0.25, 0.3) is 0 Å². The molecule has 130 valence electrons. The Balaban J connectivity index is 2.06. The lowest BCUT2D eigenvalue weighted by Crippen LogP contribution is -2.38. The summed E-state index contributed by atoms with van der Waals surface area (Å²) in [7, 11) is 2.02. The molecule has 6 heteroatoms. The van der Waals surface area contributed by atoms with E-state index in [9.17, 15) is 0 Å². The molecule has 0 aliphatic carbocycles. The predicted octanol–water partition coefficient (Wildman–Crippen LogP) is 2.96. The zero-order chi connectivity index (χ0) is 17.6. The number of nitrogens with zero attached hydrogens (tertiary/aromatic N) is 4. The van der Waals surface area contributed by atoms with Crippen molar-refractivity contribution in [2.45, 2.75) is 46.2 Å². The summed E-state index contributed by atoms with van der Waals surface area (Å²) >= 11 is 0. The molecule has 1 aromatic carbocycles. The number of benzene rings is 1. The molecule has 0 radical (unpaired) electrons. The molecule has 0 saturated heterocycles. The van der Waals surface area contributed by atoms with Gasteiger partial charge in [0.2, 0.25) is 5.89 Å². The molecule has 0 unspecified atom stereocenters. The van der Waals surface area contributed by atoms with Gasteiger partial charge in [-0.05, 0) is 12.5 Å². The molecule has 0 aliphatic heterocycles. The smallest absolute Gasteiger partial charge is 0.232 e. The van der Waals surface area contributed by atoms with Crippen molar-refractivity contribution in [2.24, 2.45) is 4.99 Å². The summed E-state index contributed by atoms with van der Waals surface area (Å²) in [6, 6.07) is 10.3. The van der Waals surface area contributed by atoms with Crippen molar-refractivity contribution >= 4 is 5.96 Å². The maximum atomic E-state index is 5.31. The Bertz CT molecular complexity index is 658. The lowest BCUT2D eigenvalue weighted by atomic mass is 9.97. The van der Waals surface area contributed by atoms with E-state index in [-0.39, 0.29) is 5.41 Å². The molecule has 2 aromatic rings. The minimum absolute atomic E-state index is 0.149. The number of hydrogen-bond acceptors (Lipinski definition) is 4. The SMILES string of the molecule is CCNC(=NCc1noc(C(C)(C)C)n1)N(C)Cc1ccccc1. The Labute approximate surface area is 144 Å². The lowest BCUT2D eigenvalue weighted by Gasteiger charge is -2.22. The number of guanidine groups is 1. The zero-order valence-corrected chi connectivity index (χ0v) is 15.2. The molecule has 0 aliphatic rings. The van der Waals surface area contributed by atoms with Gasteiger partial charge in [-0.3, -0.25) is 0 Å². The van der Waals surface area contributed by atoms with Crippen LogP contribution in [0.2, 0.25) is 0 Å². The van der Waals surface area contributed by atoms with E-state index in [2.05, 4.69) is 44.4 Å². The fourth-order valence-corrected chi connectivity index (χ4v) is 2.17. The quantitative estimate of drug-likeness (QED) is 0.675. The molecule has 0 spiro atoms. The van der Waals surface area contributed by atoms with Gasteiger partial charge in [0.05, 0.1) is 0 Å². The monoisotopic (exact) mass is 329 g/mol. The highest BCUT2D eigenvalue weighted by atomic mass is 16.5. The van der Waals surface area contributed by atoms with E-state index >= 15 is 0 Å². The van der Waals surface area contributed by atoms with Crippen molar-refractivity contribution in [1.29, 1.82) is 0 Å². The number of rotatable bonds is 5. The predicted molar refractivity (Wildman–Crippen MR) is 95.7 cm³/mol. The average Bonchev–Trinajstić information content (AvgIpc) is 3.01. The maximum Gasteiger partial charge on any atom is 0.232 e. The zero-order valence-electron chi connectivity index (χ0n) is 15.2. The summed E-state index contributed by atoms with van der Waals surface area (Å²) in [5.74, 6) is 2.06. The van der Waals surface area contributed by atoms with Gasteiger partial charge in [0.25, 0.3) is 0 Å². The summed E-state index contributed by atoms with van der Waals surface area (Å²) in [5.41, 5.74) is 1.09. The molecule has 6 nitrogen and oxygen atoms in total. The first-order valence-corrected chi connectivity index (χ1v) is 8.26. The molecule has 2 rings (SSSR count). The van der Waals surface area contributed by atoms with Crippen LogP contribution in [0.3, 0.4) is 0 Å². The first-order valence-electron chi connectivity index (χ1n) is 8.26. The van der Waals surface area contributed by atoms with Crippen LogP contribution in [0, 0.1) is 0 Å². The molecule has 0 amide bonds. The molecule has 0 fully saturated rings. The number of nitrogens with one attached hydrogen (secondary N) is 1. The standard InChI is InChI=1S/C18H27N5O/c1-6-19-17(23(5)13-14-10-8-7-9-11-14)20-12-15-21-16(24-22-15)18(2,3)4/h7-11H,6,12-13H2,1-5H3,(H,19,20). The normalized spacial score (nSPS) is 12.3. The van der Waals surface area contributed by atoms with Crippen molar-refractivity contribution in [2.75, 3.05) is 13.6 Å². The molecule has 1 heterocycles. The molecule has 0 atom stereocenters. The fraction of sp³-hybridized carbons (Fsp3) is 0.500. The molecular formula is C18H27N5O. The minimum atomic E-state index is -0.149. The Kier molecular flexibility index (Phi) is 5.95. The van der Waals surface area contributed by atoms with E-state index in [0.717, 1.165) is 19.0 Å². The van der Waals surface area contributed by atoms with Crippen LogP contribution < -0.4 is 5.32 Å². The van der Waals surface area contributed by atoms with Crippen LogP contribution in [0.5, 0.6) is 0 Å². The Morgan fingerprint density at radius 1 is 1.25 bits per heavy atom. The third-order valence-electron chi connectivity index (χ3n) is 3.44. The average molecular weight is 329 g/mol. The van der Waals surface area contributed by atoms with Gasteiger partial charge in [0.1, 0.15) is 6.54 Å². The van der Waals surface area contributed by atoms with Gasteiger partial charge in [0, 0.05) is 25.6 Å². The summed E-state index contributed by atoms with van der Waals surface area (Å²) in [6.07, 6.45) is 0. The van der Waals surface area contributed by atoms with Crippen molar-refractivity contribution in [3.8, 4) is 0 Å². The Hall–Kier alpha value is -2.37. The van der Waals surface area contributed by atoms with Crippen molar-refractivity contribution in [3.63, 3.8) is 0 Å². The highest BCUT2D eigenvalue weighted by Crippen LogP contribution is 2.19. The summed E-state index contributed by atoms with van der Waals surface area (Å²) in [5, 5.41) is 7.32. The lowest BCUT2D eigenvalue weighted by molar-refractivity contribution is 0.318. The second-order valence-corrected chi connectivity index (χ2v) is 6.78. The Morgan fingerprint density at radius 2 is 1.96 bits per heavy atom. The summed E-state index contributed by atoms with van der Waals surface area (Å²) in [4.78, 5) is 11.1. The minimum Gasteiger partial charge on any atom is -0.357 e. The molecular weight excluding hydrogens is 302 g/mol. The van der Waals surface area contributed by atoms with Gasteiger partial charge in [-0.25, -0.2) is 4.99 Å². The second kappa shape index (κ2) is 7.95.